The average Bonchev–Trinajstić information content (AvgIpc) is 3.11. The number of thiazole rings is 1. The molecule has 0 bridgehead atoms. The smallest absolute Gasteiger partial charge is 0.318 e. The number of anilines is 1. The van der Waals surface area contributed by atoms with Gasteiger partial charge in [0.1, 0.15) is 17.2 Å². The molecule has 1 aliphatic carbocycles. The second-order valence-corrected chi connectivity index (χ2v) is 8.73. The molecule has 0 spiro atoms. The zero-order chi connectivity index (χ0) is 21.5. The molecule has 4 nitrogen and oxygen atoms in total. The van der Waals surface area contributed by atoms with Gasteiger partial charge in [-0.15, -0.1) is 11.3 Å². The fourth-order valence-electron chi connectivity index (χ4n) is 3.65. The predicted molar refractivity (Wildman–Crippen MR) is 107 cm³/mol. The molecule has 0 radical (unpaired) electrons. The van der Waals surface area contributed by atoms with Crippen LogP contribution in [-0.2, 0) is 6.18 Å². The summed E-state index contributed by atoms with van der Waals surface area (Å²) in [6.45, 7) is 2.23. The van der Waals surface area contributed by atoms with E-state index in [1.165, 1.54) is 23.5 Å². The monoisotopic (exact) mass is 437 g/mol. The van der Waals surface area contributed by atoms with Crippen LogP contribution in [0.4, 0.5) is 23.2 Å². The van der Waals surface area contributed by atoms with Crippen LogP contribution in [0.5, 0.6) is 0 Å². The van der Waals surface area contributed by atoms with Gasteiger partial charge in [0.05, 0.1) is 20.9 Å². The number of nitrogens with zero attached hydrogens (tertiary/aromatic N) is 2. The normalized spacial score (nSPS) is 19.8. The lowest BCUT2D eigenvalue weighted by molar-refractivity contribution is -0.141. The summed E-state index contributed by atoms with van der Waals surface area (Å²) < 4.78 is 53.7. The van der Waals surface area contributed by atoms with Gasteiger partial charge in [0.15, 0.2) is 0 Å². The molecule has 1 aromatic carbocycles. The predicted octanol–water partition coefficient (Wildman–Crippen LogP) is 6.40. The Morgan fingerprint density at radius 3 is 2.57 bits per heavy atom. The molecule has 0 aliphatic heterocycles. The van der Waals surface area contributed by atoms with Crippen LogP contribution < -0.4 is 5.32 Å². The standard InChI is InChI=1S/C21H19F4N3OS/c1-11-5-7-12(8-6-11)20-28-16-9-13(22)15(10-17(16)30-20)27-19(29)14-3-2-4-18(26-14)21(23,24)25/h2-4,9-12H,5-8H2,1H3,(H,27,29). The van der Waals surface area contributed by atoms with E-state index < -0.39 is 29.3 Å². The molecule has 30 heavy (non-hydrogen) atoms. The quantitative estimate of drug-likeness (QED) is 0.483. The van der Waals surface area contributed by atoms with Crippen LogP contribution in [-0.4, -0.2) is 15.9 Å². The summed E-state index contributed by atoms with van der Waals surface area (Å²) in [5.74, 6) is -0.546. The molecule has 0 unspecified atom stereocenters. The third-order valence-electron chi connectivity index (χ3n) is 5.38. The Bertz CT molecular complexity index is 1090. The van der Waals surface area contributed by atoms with Gasteiger partial charge in [0.2, 0.25) is 0 Å². The van der Waals surface area contributed by atoms with Crippen molar-refractivity contribution in [3.05, 3.63) is 52.5 Å². The highest BCUT2D eigenvalue weighted by Crippen LogP contribution is 2.39. The Morgan fingerprint density at radius 1 is 1.13 bits per heavy atom. The third-order valence-corrected chi connectivity index (χ3v) is 6.56. The Morgan fingerprint density at radius 2 is 1.87 bits per heavy atom. The van der Waals surface area contributed by atoms with E-state index in [0.29, 0.717) is 17.4 Å². The highest BCUT2D eigenvalue weighted by Gasteiger charge is 2.33. The first-order valence-electron chi connectivity index (χ1n) is 9.66. The van der Waals surface area contributed by atoms with E-state index in [0.717, 1.165) is 53.6 Å². The Kier molecular flexibility index (Phi) is 5.48. The number of nitrogens with one attached hydrogen (secondary N) is 1. The number of alkyl halides is 3. The molecule has 1 fully saturated rings. The maximum Gasteiger partial charge on any atom is 0.433 e. The van der Waals surface area contributed by atoms with Gasteiger partial charge in [-0.3, -0.25) is 4.79 Å². The zero-order valence-corrected chi connectivity index (χ0v) is 16.9. The number of benzene rings is 1. The van der Waals surface area contributed by atoms with Gasteiger partial charge < -0.3 is 5.32 Å². The lowest BCUT2D eigenvalue weighted by atomic mass is 9.83. The highest BCUT2D eigenvalue weighted by molar-refractivity contribution is 7.18. The largest absolute Gasteiger partial charge is 0.433 e. The number of carbonyl (C=O) groups excluding carboxylic acids is 1. The van der Waals surface area contributed by atoms with E-state index in [-0.39, 0.29) is 5.69 Å². The van der Waals surface area contributed by atoms with Crippen LogP contribution >= 0.6 is 11.3 Å². The van der Waals surface area contributed by atoms with E-state index in [1.54, 1.807) is 0 Å². The van der Waals surface area contributed by atoms with Gasteiger partial charge >= 0.3 is 6.18 Å². The number of rotatable bonds is 3. The first kappa shape index (κ1) is 20.7. The number of hydrogen-bond donors (Lipinski definition) is 1. The lowest BCUT2D eigenvalue weighted by Gasteiger charge is -2.24. The van der Waals surface area contributed by atoms with Crippen molar-refractivity contribution in [2.45, 2.75) is 44.7 Å². The van der Waals surface area contributed by atoms with Gasteiger partial charge in [-0.2, -0.15) is 13.2 Å². The van der Waals surface area contributed by atoms with Crippen LogP contribution in [0, 0.1) is 11.7 Å². The number of aromatic nitrogens is 2. The third kappa shape index (κ3) is 4.30. The molecule has 9 heteroatoms. The molecule has 0 atom stereocenters. The Hall–Kier alpha value is -2.55. The molecule has 0 saturated heterocycles. The van der Waals surface area contributed by atoms with E-state index in [4.69, 9.17) is 0 Å². The Labute approximate surface area is 174 Å². The van der Waals surface area contributed by atoms with Crippen LogP contribution in [0.3, 0.4) is 0 Å². The van der Waals surface area contributed by atoms with Crippen LogP contribution in [0.2, 0.25) is 0 Å². The summed E-state index contributed by atoms with van der Waals surface area (Å²) in [4.78, 5) is 20.2. The molecular weight excluding hydrogens is 418 g/mol. The molecule has 2 aromatic heterocycles. The van der Waals surface area contributed by atoms with Gasteiger partial charge in [0, 0.05) is 12.0 Å². The van der Waals surface area contributed by atoms with E-state index in [1.807, 2.05) is 0 Å². The molecule has 3 aromatic rings. The van der Waals surface area contributed by atoms with Crippen molar-refractivity contribution in [3.63, 3.8) is 0 Å². The van der Waals surface area contributed by atoms with E-state index in [2.05, 4.69) is 22.2 Å². The van der Waals surface area contributed by atoms with Crippen molar-refractivity contribution in [1.82, 2.24) is 9.97 Å². The summed E-state index contributed by atoms with van der Waals surface area (Å²) in [5.41, 5.74) is -1.22. The van der Waals surface area contributed by atoms with Gasteiger partial charge in [-0.1, -0.05) is 25.8 Å². The lowest BCUT2D eigenvalue weighted by Crippen LogP contribution is -2.17. The second kappa shape index (κ2) is 7.94. The highest BCUT2D eigenvalue weighted by atomic mass is 32.1. The van der Waals surface area contributed by atoms with E-state index in [9.17, 15) is 22.4 Å². The van der Waals surface area contributed by atoms with E-state index >= 15 is 0 Å². The van der Waals surface area contributed by atoms with Crippen molar-refractivity contribution in [2.24, 2.45) is 5.92 Å². The maximum absolute atomic E-state index is 14.5. The number of amides is 1. The van der Waals surface area contributed by atoms with Crippen LogP contribution in [0.1, 0.15) is 59.7 Å². The van der Waals surface area contributed by atoms with Gasteiger partial charge in [-0.25, -0.2) is 14.4 Å². The summed E-state index contributed by atoms with van der Waals surface area (Å²) >= 11 is 1.46. The SMILES string of the molecule is CC1CCC(c2nc3cc(F)c(NC(=O)c4cccc(C(F)(F)F)n4)cc3s2)CC1. The minimum Gasteiger partial charge on any atom is -0.318 e. The average molecular weight is 437 g/mol. The molecule has 158 valence electrons. The molecule has 1 N–H and O–H groups in total. The van der Waals surface area contributed by atoms with Crippen molar-refractivity contribution in [3.8, 4) is 0 Å². The summed E-state index contributed by atoms with van der Waals surface area (Å²) in [6, 6.07) is 5.73. The van der Waals surface area contributed by atoms with Gasteiger partial charge in [-0.05, 0) is 37.0 Å². The number of pyridine rings is 1. The van der Waals surface area contributed by atoms with Crippen molar-refractivity contribution >= 4 is 33.1 Å². The minimum absolute atomic E-state index is 0.112. The maximum atomic E-state index is 14.5. The second-order valence-electron chi connectivity index (χ2n) is 7.67. The van der Waals surface area contributed by atoms with Crippen molar-refractivity contribution in [1.29, 1.82) is 0 Å². The molecular formula is C21H19F4N3OS. The molecule has 1 saturated carbocycles. The molecule has 2 heterocycles. The first-order chi connectivity index (χ1) is 14.2. The fraction of sp³-hybridized carbons (Fsp3) is 0.381. The summed E-state index contributed by atoms with van der Waals surface area (Å²) in [6.07, 6.45) is -0.292. The molecule has 1 amide bonds. The van der Waals surface area contributed by atoms with Crippen molar-refractivity contribution < 1.29 is 22.4 Å². The number of halogens is 4. The number of carbonyl (C=O) groups is 1. The number of hydrogen-bond acceptors (Lipinski definition) is 4. The zero-order valence-electron chi connectivity index (χ0n) is 16.1. The summed E-state index contributed by atoms with van der Waals surface area (Å²) in [5, 5.41) is 3.28. The fourth-order valence-corrected chi connectivity index (χ4v) is 4.81. The summed E-state index contributed by atoms with van der Waals surface area (Å²) in [7, 11) is 0. The topological polar surface area (TPSA) is 54.9 Å². The number of fused-ring (bicyclic) bond motifs is 1. The van der Waals surface area contributed by atoms with Gasteiger partial charge in [0.25, 0.3) is 5.91 Å². The molecule has 4 rings (SSSR count). The van der Waals surface area contributed by atoms with Crippen LogP contribution in [0.15, 0.2) is 30.3 Å². The van der Waals surface area contributed by atoms with Crippen molar-refractivity contribution in [2.75, 3.05) is 5.32 Å². The minimum atomic E-state index is -4.67. The first-order valence-corrected chi connectivity index (χ1v) is 10.5. The molecule has 1 aliphatic rings. The Balaban J connectivity index is 1.57. The van der Waals surface area contributed by atoms with Crippen LogP contribution in [0.25, 0.3) is 10.2 Å².